The number of carbonyl (C=O) groups is 1. The molecule has 0 aliphatic carbocycles. The van der Waals surface area contributed by atoms with Crippen LogP contribution in [0.1, 0.15) is 39.0 Å². The molecule has 0 aromatic heterocycles. The SMILES string of the molecule is CCC1CCN(C(=O)C(CCCN)NS(=O)(=O)c2cccc3c(N(C)C)cccc23)CC1.Cl.Cl. The predicted octanol–water partition coefficient (Wildman–Crippen LogP) is 3.78. The number of benzene rings is 2. The van der Waals surface area contributed by atoms with E-state index in [0.717, 1.165) is 30.3 Å². The summed E-state index contributed by atoms with van der Waals surface area (Å²) in [5, 5.41) is 1.49. The van der Waals surface area contributed by atoms with Gasteiger partial charge in [0.25, 0.3) is 0 Å². The largest absolute Gasteiger partial charge is 0.377 e. The smallest absolute Gasteiger partial charge is 0.241 e. The van der Waals surface area contributed by atoms with Gasteiger partial charge in [-0.05, 0) is 50.3 Å². The zero-order valence-corrected chi connectivity index (χ0v) is 22.6. The molecule has 1 aliphatic rings. The molecule has 1 unspecified atom stereocenters. The molecule has 1 saturated heterocycles. The Labute approximate surface area is 216 Å². The number of amides is 1. The lowest BCUT2D eigenvalue weighted by Gasteiger charge is -2.34. The highest BCUT2D eigenvalue weighted by Crippen LogP contribution is 2.30. The second-order valence-electron chi connectivity index (χ2n) is 8.80. The van der Waals surface area contributed by atoms with E-state index in [1.165, 1.54) is 0 Å². The van der Waals surface area contributed by atoms with Gasteiger partial charge in [-0.25, -0.2) is 8.42 Å². The summed E-state index contributed by atoms with van der Waals surface area (Å²) < 4.78 is 29.6. The second-order valence-corrected chi connectivity index (χ2v) is 10.5. The van der Waals surface area contributed by atoms with E-state index in [1.54, 1.807) is 12.1 Å². The van der Waals surface area contributed by atoms with Crippen LogP contribution in [0.2, 0.25) is 0 Å². The van der Waals surface area contributed by atoms with Crippen LogP contribution in [0.25, 0.3) is 10.8 Å². The maximum atomic E-state index is 13.5. The Morgan fingerprint density at radius 2 is 1.74 bits per heavy atom. The minimum atomic E-state index is -3.91. The van der Waals surface area contributed by atoms with Crippen molar-refractivity contribution >= 4 is 57.2 Å². The lowest BCUT2D eigenvalue weighted by atomic mass is 9.94. The summed E-state index contributed by atoms with van der Waals surface area (Å²) in [6.45, 7) is 3.94. The van der Waals surface area contributed by atoms with Gasteiger partial charge >= 0.3 is 0 Å². The predicted molar refractivity (Wildman–Crippen MR) is 145 cm³/mol. The number of nitrogens with two attached hydrogens (primary N) is 1. The van der Waals surface area contributed by atoms with E-state index in [4.69, 9.17) is 5.73 Å². The van der Waals surface area contributed by atoms with Crippen molar-refractivity contribution in [3.05, 3.63) is 36.4 Å². The van der Waals surface area contributed by atoms with Crippen molar-refractivity contribution in [1.29, 1.82) is 0 Å². The van der Waals surface area contributed by atoms with Crippen molar-refractivity contribution in [3.8, 4) is 0 Å². The highest BCUT2D eigenvalue weighted by atomic mass is 35.5. The summed E-state index contributed by atoms with van der Waals surface area (Å²) >= 11 is 0. The third-order valence-corrected chi connectivity index (χ3v) is 7.96. The van der Waals surface area contributed by atoms with Gasteiger partial charge in [0.05, 0.1) is 4.90 Å². The Kier molecular flexibility index (Phi) is 12.1. The number of nitrogens with one attached hydrogen (secondary N) is 1. The molecule has 192 valence electrons. The molecule has 3 N–H and O–H groups in total. The van der Waals surface area contributed by atoms with Gasteiger partial charge in [-0.2, -0.15) is 4.72 Å². The molecule has 1 fully saturated rings. The zero-order chi connectivity index (χ0) is 23.3. The first-order valence-electron chi connectivity index (χ1n) is 11.5. The standard InChI is InChI=1S/C24H36N4O3S.2ClH/c1-4-18-13-16-28(17-14-18)24(29)21(10-7-15-25)26-32(30,31)23-12-6-8-19-20(23)9-5-11-22(19)27(2)3;;/h5-6,8-9,11-12,18,21,26H,4,7,10,13-17,25H2,1-3H3;2*1H. The lowest BCUT2D eigenvalue weighted by molar-refractivity contribution is -0.134. The molecule has 10 heteroatoms. The van der Waals surface area contributed by atoms with Crippen LogP contribution in [0, 0.1) is 5.92 Å². The Morgan fingerprint density at radius 1 is 1.12 bits per heavy atom. The van der Waals surface area contributed by atoms with Crippen molar-refractivity contribution in [2.24, 2.45) is 11.7 Å². The fourth-order valence-corrected chi connectivity index (χ4v) is 5.92. The minimum Gasteiger partial charge on any atom is -0.377 e. The van der Waals surface area contributed by atoms with E-state index in [1.807, 2.05) is 48.2 Å². The number of likely N-dealkylation sites (tertiary alicyclic amines) is 1. The van der Waals surface area contributed by atoms with Crippen molar-refractivity contribution in [2.75, 3.05) is 38.6 Å². The van der Waals surface area contributed by atoms with E-state index in [-0.39, 0.29) is 35.6 Å². The topological polar surface area (TPSA) is 95.7 Å². The van der Waals surface area contributed by atoms with Crippen molar-refractivity contribution in [3.63, 3.8) is 0 Å². The van der Waals surface area contributed by atoms with Crippen molar-refractivity contribution in [1.82, 2.24) is 9.62 Å². The van der Waals surface area contributed by atoms with Gasteiger partial charge in [-0.3, -0.25) is 4.79 Å². The van der Waals surface area contributed by atoms with Gasteiger partial charge in [0.2, 0.25) is 15.9 Å². The van der Waals surface area contributed by atoms with E-state index in [2.05, 4.69) is 11.6 Å². The fourth-order valence-electron chi connectivity index (χ4n) is 4.48. The summed E-state index contributed by atoms with van der Waals surface area (Å²) in [6, 6.07) is 10.1. The van der Waals surface area contributed by atoms with Crippen molar-refractivity contribution in [2.45, 2.75) is 50.0 Å². The molecule has 3 rings (SSSR count). The summed E-state index contributed by atoms with van der Waals surface area (Å²) in [5.41, 5.74) is 6.62. The quantitative estimate of drug-likeness (QED) is 0.512. The third kappa shape index (κ3) is 6.98. The number of carbonyl (C=O) groups excluding carboxylic acids is 1. The molecule has 1 amide bonds. The third-order valence-electron chi connectivity index (χ3n) is 6.43. The van der Waals surface area contributed by atoms with E-state index < -0.39 is 16.1 Å². The van der Waals surface area contributed by atoms with E-state index >= 15 is 0 Å². The molecule has 2 aromatic carbocycles. The molecular weight excluding hydrogens is 495 g/mol. The number of halogens is 2. The highest BCUT2D eigenvalue weighted by molar-refractivity contribution is 7.89. The van der Waals surface area contributed by atoms with Gasteiger partial charge in [-0.1, -0.05) is 37.6 Å². The number of hydrogen-bond donors (Lipinski definition) is 2. The molecule has 1 atom stereocenters. The van der Waals surface area contributed by atoms with Crippen LogP contribution in [0.5, 0.6) is 0 Å². The highest BCUT2D eigenvalue weighted by Gasteiger charge is 2.31. The first kappa shape index (κ1) is 30.5. The van der Waals surface area contributed by atoms with E-state index in [0.29, 0.717) is 43.8 Å². The summed E-state index contributed by atoms with van der Waals surface area (Å²) in [7, 11) is -0.0589. The molecule has 7 nitrogen and oxygen atoms in total. The van der Waals surface area contributed by atoms with Crippen LogP contribution in [0.3, 0.4) is 0 Å². The van der Waals surface area contributed by atoms with Crippen LogP contribution in [0.4, 0.5) is 5.69 Å². The number of fused-ring (bicyclic) bond motifs is 1. The molecule has 0 spiro atoms. The Bertz CT molecular complexity index is 1040. The Hall–Kier alpha value is -1.58. The number of hydrogen-bond acceptors (Lipinski definition) is 5. The molecule has 2 aromatic rings. The van der Waals surface area contributed by atoms with Crippen LogP contribution in [-0.4, -0.2) is 59.0 Å². The monoisotopic (exact) mass is 532 g/mol. The first-order chi connectivity index (χ1) is 15.3. The zero-order valence-electron chi connectivity index (χ0n) is 20.2. The molecular formula is C24H38Cl2N4O3S. The minimum absolute atomic E-state index is 0. The van der Waals surface area contributed by atoms with Gasteiger partial charge in [0.15, 0.2) is 0 Å². The van der Waals surface area contributed by atoms with Crippen LogP contribution >= 0.6 is 24.8 Å². The molecule has 34 heavy (non-hydrogen) atoms. The van der Waals surface area contributed by atoms with Crippen LogP contribution in [0.15, 0.2) is 41.3 Å². The average molecular weight is 534 g/mol. The maximum absolute atomic E-state index is 13.5. The Morgan fingerprint density at radius 3 is 2.32 bits per heavy atom. The molecule has 0 bridgehead atoms. The summed E-state index contributed by atoms with van der Waals surface area (Å²) in [6.07, 6.45) is 4.01. The molecule has 1 heterocycles. The molecule has 1 aliphatic heterocycles. The van der Waals surface area contributed by atoms with Crippen LogP contribution < -0.4 is 15.4 Å². The normalized spacial score (nSPS) is 15.4. The summed E-state index contributed by atoms with van der Waals surface area (Å²) in [4.78, 5) is 17.2. The molecule has 0 radical (unpaired) electrons. The van der Waals surface area contributed by atoms with Gasteiger partial charge in [0.1, 0.15) is 6.04 Å². The second kappa shape index (κ2) is 13.5. The number of sulfonamides is 1. The van der Waals surface area contributed by atoms with E-state index in [9.17, 15) is 13.2 Å². The summed E-state index contributed by atoms with van der Waals surface area (Å²) in [5.74, 6) is 0.491. The number of anilines is 1. The first-order valence-corrected chi connectivity index (χ1v) is 13.0. The molecule has 0 saturated carbocycles. The fraction of sp³-hybridized carbons (Fsp3) is 0.542. The van der Waals surface area contributed by atoms with Crippen molar-refractivity contribution < 1.29 is 13.2 Å². The number of rotatable bonds is 9. The Balaban J connectivity index is 0.00000289. The number of nitrogens with zero attached hydrogens (tertiary/aromatic N) is 2. The lowest BCUT2D eigenvalue weighted by Crippen LogP contribution is -2.50. The van der Waals surface area contributed by atoms with Gasteiger partial charge in [0, 0.05) is 43.6 Å². The number of piperidine rings is 1. The average Bonchev–Trinajstić information content (AvgIpc) is 2.80. The maximum Gasteiger partial charge on any atom is 0.241 e. The van der Waals surface area contributed by atoms with Crippen LogP contribution in [-0.2, 0) is 14.8 Å². The van der Waals surface area contributed by atoms with Gasteiger partial charge < -0.3 is 15.5 Å². The van der Waals surface area contributed by atoms with Gasteiger partial charge in [-0.15, -0.1) is 24.8 Å².